The third-order valence-corrected chi connectivity index (χ3v) is 13.1. The number of hydrogen-bond donors (Lipinski definition) is 1. The molecule has 2 rings (SSSR count). The lowest BCUT2D eigenvalue weighted by Crippen LogP contribution is -2.41. The van der Waals surface area contributed by atoms with E-state index in [1.165, 1.54) is 12.1 Å². The first kappa shape index (κ1) is 36.1. The van der Waals surface area contributed by atoms with Gasteiger partial charge in [-0.05, 0) is 93.6 Å². The highest BCUT2D eigenvalue weighted by Gasteiger charge is 2.38. The minimum absolute atomic E-state index is 0.0500. The Morgan fingerprint density at radius 2 is 1.83 bits per heavy atom. The van der Waals surface area contributed by atoms with Crippen molar-refractivity contribution < 1.29 is 37.0 Å². The minimum Gasteiger partial charge on any atom is -0.491 e. The van der Waals surface area contributed by atoms with Crippen LogP contribution in [0.1, 0.15) is 79.2 Å². The number of aliphatic hydroxyl groups is 1. The van der Waals surface area contributed by atoms with Crippen LogP contribution in [0.4, 0.5) is 13.2 Å². The number of benzene rings is 1. The van der Waals surface area contributed by atoms with Gasteiger partial charge in [-0.15, -0.1) is 0 Å². The number of allylic oxidation sites excluding steroid dienone is 3. The number of unbranched alkanes of at least 4 members (excludes halogenated alkanes) is 1. The standard InChI is InChI=1S/C33H51F3O5Si/c1-7-42(8-2,9-3)41-28(23-39-27-16-14-15-26(22-27)33(34,35)36)19-20-29-25(6)21-31(37)30(29)17-12-10-11-13-18-32(38)40-24(4)5/h10,12,14-16,19-20,22,24-25,28-31,37H,7-9,11,13,17-18,21,23H2,1-6H3/b12-10-,20-19+/t25-,28?,29+,30-,31+/m1/s1. The topological polar surface area (TPSA) is 65.0 Å². The highest BCUT2D eigenvalue weighted by Crippen LogP contribution is 2.40. The molecule has 0 heterocycles. The van der Waals surface area contributed by atoms with Gasteiger partial charge in [-0.25, -0.2) is 0 Å². The van der Waals surface area contributed by atoms with Crippen molar-refractivity contribution in [1.29, 1.82) is 0 Å². The summed E-state index contributed by atoms with van der Waals surface area (Å²) >= 11 is 0. The molecule has 0 amide bonds. The van der Waals surface area contributed by atoms with Crippen LogP contribution in [0.15, 0.2) is 48.6 Å². The Bertz CT molecular complexity index is 997. The van der Waals surface area contributed by atoms with Crippen LogP contribution in [0.5, 0.6) is 5.75 Å². The molecular weight excluding hydrogens is 561 g/mol. The molecule has 0 spiro atoms. The Morgan fingerprint density at radius 3 is 2.45 bits per heavy atom. The average molecular weight is 613 g/mol. The molecule has 5 nitrogen and oxygen atoms in total. The molecular formula is C33H51F3O5Si. The second kappa shape index (κ2) is 17.3. The van der Waals surface area contributed by atoms with E-state index in [9.17, 15) is 23.1 Å². The third-order valence-electron chi connectivity index (χ3n) is 8.41. The van der Waals surface area contributed by atoms with Crippen LogP contribution in [-0.2, 0) is 20.1 Å². The second-order valence-corrected chi connectivity index (χ2v) is 16.5. The first-order chi connectivity index (χ1) is 19.8. The Kier molecular flexibility index (Phi) is 14.8. The molecule has 1 aliphatic rings. The van der Waals surface area contributed by atoms with Crippen molar-refractivity contribution in [3.05, 3.63) is 54.1 Å². The molecule has 5 atom stereocenters. The average Bonchev–Trinajstić information content (AvgIpc) is 3.21. The smallest absolute Gasteiger partial charge is 0.416 e. The molecule has 1 fully saturated rings. The summed E-state index contributed by atoms with van der Waals surface area (Å²) in [4.78, 5) is 11.7. The molecule has 42 heavy (non-hydrogen) atoms. The Labute approximate surface area is 251 Å². The lowest BCUT2D eigenvalue weighted by Gasteiger charge is -2.32. The van der Waals surface area contributed by atoms with Gasteiger partial charge in [0, 0.05) is 6.42 Å². The quantitative estimate of drug-likeness (QED) is 0.0825. The summed E-state index contributed by atoms with van der Waals surface area (Å²) in [6.07, 6.45) is 6.23. The number of alkyl halides is 3. The summed E-state index contributed by atoms with van der Waals surface area (Å²) in [6.45, 7) is 12.3. The van der Waals surface area contributed by atoms with Crippen molar-refractivity contribution in [2.24, 2.45) is 17.8 Å². The van der Waals surface area contributed by atoms with Crippen LogP contribution in [0.3, 0.4) is 0 Å². The molecule has 0 bridgehead atoms. The maximum Gasteiger partial charge on any atom is 0.416 e. The van der Waals surface area contributed by atoms with Gasteiger partial charge in [0.15, 0.2) is 8.32 Å². The molecule has 1 aromatic rings. The predicted molar refractivity (Wildman–Crippen MR) is 164 cm³/mol. The van der Waals surface area contributed by atoms with Crippen molar-refractivity contribution in [2.45, 2.75) is 116 Å². The highest BCUT2D eigenvalue weighted by molar-refractivity contribution is 6.73. The van der Waals surface area contributed by atoms with Crippen LogP contribution in [0.25, 0.3) is 0 Å². The van der Waals surface area contributed by atoms with Crippen molar-refractivity contribution in [3.8, 4) is 5.75 Å². The zero-order valence-electron chi connectivity index (χ0n) is 26.2. The maximum absolute atomic E-state index is 13.2. The molecule has 0 aromatic heterocycles. The summed E-state index contributed by atoms with van der Waals surface area (Å²) in [5.74, 6) is 0.434. The summed E-state index contributed by atoms with van der Waals surface area (Å²) in [6, 6.07) is 7.76. The molecule has 1 N–H and O–H groups in total. The molecule has 0 aliphatic heterocycles. The van der Waals surface area contributed by atoms with E-state index in [1.807, 2.05) is 19.9 Å². The number of hydrogen-bond acceptors (Lipinski definition) is 5. The van der Waals surface area contributed by atoms with E-state index in [2.05, 4.69) is 45.9 Å². The maximum atomic E-state index is 13.2. The van der Waals surface area contributed by atoms with E-state index >= 15 is 0 Å². The lowest BCUT2D eigenvalue weighted by molar-refractivity contribution is -0.147. The molecule has 1 aliphatic carbocycles. The second-order valence-electron chi connectivity index (χ2n) is 11.8. The number of halogens is 3. The van der Waals surface area contributed by atoms with Crippen molar-refractivity contribution >= 4 is 14.3 Å². The number of rotatable bonds is 17. The molecule has 1 aromatic carbocycles. The normalized spacial score (nSPS) is 22.4. The van der Waals surface area contributed by atoms with Crippen molar-refractivity contribution in [3.63, 3.8) is 0 Å². The van der Waals surface area contributed by atoms with Crippen molar-refractivity contribution in [1.82, 2.24) is 0 Å². The van der Waals surface area contributed by atoms with Gasteiger partial charge >= 0.3 is 12.1 Å². The first-order valence-electron chi connectivity index (χ1n) is 15.5. The minimum atomic E-state index is -4.44. The molecule has 0 saturated heterocycles. The largest absolute Gasteiger partial charge is 0.491 e. The predicted octanol–water partition coefficient (Wildman–Crippen LogP) is 8.73. The fourth-order valence-corrected chi connectivity index (χ4v) is 8.53. The number of esters is 1. The van der Waals surface area contributed by atoms with E-state index in [4.69, 9.17) is 13.9 Å². The zero-order valence-corrected chi connectivity index (χ0v) is 27.2. The van der Waals surface area contributed by atoms with Crippen LogP contribution in [0, 0.1) is 17.8 Å². The van der Waals surface area contributed by atoms with E-state index in [-0.39, 0.29) is 42.2 Å². The zero-order chi connectivity index (χ0) is 31.3. The number of carbonyl (C=O) groups excluding carboxylic acids is 1. The van der Waals surface area contributed by atoms with Crippen LogP contribution < -0.4 is 4.74 Å². The van der Waals surface area contributed by atoms with Crippen LogP contribution in [-0.4, -0.2) is 44.3 Å². The van der Waals surface area contributed by atoms with Gasteiger partial charge in [0.1, 0.15) is 12.4 Å². The SMILES string of the molecule is CC[Si](CC)(CC)OC(/C=C/[C@@H]1[C@@H](C/C=C\CCCC(=O)OC(C)C)[C@@H](O)C[C@H]1C)COc1cccc(C(F)(F)F)c1. The molecule has 9 heteroatoms. The van der Waals surface area contributed by atoms with Crippen LogP contribution >= 0.6 is 0 Å². The van der Waals surface area contributed by atoms with Gasteiger partial charge in [0.25, 0.3) is 0 Å². The summed E-state index contributed by atoms with van der Waals surface area (Å²) in [5, 5.41) is 10.8. The highest BCUT2D eigenvalue weighted by atomic mass is 28.4. The number of aliphatic hydroxyl groups excluding tert-OH is 1. The summed E-state index contributed by atoms with van der Waals surface area (Å²) in [7, 11) is -2.04. The fraction of sp³-hybridized carbons (Fsp3) is 0.667. The summed E-state index contributed by atoms with van der Waals surface area (Å²) < 4.78 is 57.4. The van der Waals surface area contributed by atoms with Gasteiger partial charge in [-0.3, -0.25) is 4.79 Å². The fourth-order valence-electron chi connectivity index (χ4n) is 5.74. The van der Waals surface area contributed by atoms with Gasteiger partial charge in [-0.1, -0.05) is 58.1 Å². The van der Waals surface area contributed by atoms with Crippen LogP contribution in [0.2, 0.25) is 18.1 Å². The van der Waals surface area contributed by atoms with Gasteiger partial charge in [0.05, 0.1) is 23.9 Å². The van der Waals surface area contributed by atoms with E-state index < -0.39 is 32.3 Å². The van der Waals surface area contributed by atoms with E-state index in [0.29, 0.717) is 12.8 Å². The number of ether oxygens (including phenoxy) is 2. The molecule has 1 saturated carbocycles. The van der Waals surface area contributed by atoms with Gasteiger partial charge in [-0.2, -0.15) is 13.2 Å². The monoisotopic (exact) mass is 612 g/mol. The molecule has 0 radical (unpaired) electrons. The van der Waals surface area contributed by atoms with E-state index in [1.54, 1.807) is 0 Å². The van der Waals surface area contributed by atoms with Gasteiger partial charge in [0.2, 0.25) is 0 Å². The van der Waals surface area contributed by atoms with Crippen molar-refractivity contribution in [2.75, 3.05) is 6.61 Å². The third kappa shape index (κ3) is 11.5. The Morgan fingerprint density at radius 1 is 1.14 bits per heavy atom. The number of carbonyl (C=O) groups is 1. The van der Waals surface area contributed by atoms with E-state index in [0.717, 1.165) is 49.5 Å². The van der Waals surface area contributed by atoms with Gasteiger partial charge < -0.3 is 19.0 Å². The Hall–Kier alpha value is -2.10. The first-order valence-corrected chi connectivity index (χ1v) is 18.1. The lowest BCUT2D eigenvalue weighted by atomic mass is 9.87. The Balaban J connectivity index is 2.11. The summed E-state index contributed by atoms with van der Waals surface area (Å²) in [5.41, 5.74) is -0.743. The molecule has 238 valence electrons. The molecule has 1 unspecified atom stereocenters.